The fraction of sp³-hybridized carbons (Fsp3) is 0.900. The van der Waals surface area contributed by atoms with Crippen molar-refractivity contribution < 1.29 is 28.9 Å². The number of carboxylic acids is 1. The Balaban J connectivity index is 0.00000153. The van der Waals surface area contributed by atoms with E-state index in [1.54, 1.807) is 27.9 Å². The lowest BCUT2D eigenvalue weighted by molar-refractivity contribution is -0.172. The van der Waals surface area contributed by atoms with Crippen molar-refractivity contribution in [3.05, 3.63) is 0 Å². The normalized spacial score (nSPS) is 22.3. The number of esters is 1. The van der Waals surface area contributed by atoms with E-state index < -0.39 is 28.9 Å². The average Bonchev–Trinajstić information content (AvgIpc) is 2.94. The van der Waals surface area contributed by atoms with Gasteiger partial charge in [-0.25, -0.2) is 0 Å². The number of nitrogens with two attached hydrogens (primary N) is 1. The molecular weight excluding hydrogens is 350 g/mol. The molecule has 1 rings (SSSR count). The molecule has 3 N–H and O–H groups in total. The molecule has 0 amide bonds. The Morgan fingerprint density at radius 2 is 1.81 bits per heavy atom. The highest BCUT2D eigenvalue weighted by molar-refractivity contribution is 5.85. The largest absolute Gasteiger partial charge is 0.481 e. The number of hydrogen-bond acceptors (Lipinski definition) is 6. The van der Waals surface area contributed by atoms with Gasteiger partial charge in [-0.05, 0) is 52.5 Å². The van der Waals surface area contributed by atoms with E-state index in [4.69, 9.17) is 19.9 Å². The lowest BCUT2D eigenvalue weighted by Gasteiger charge is -2.32. The van der Waals surface area contributed by atoms with Crippen LogP contribution in [0.3, 0.4) is 0 Å². The Morgan fingerprint density at radius 1 is 1.22 bits per heavy atom. The average molecular weight is 390 g/mol. The molecular formula is C20H39NO6. The number of rotatable bonds is 9. The first-order chi connectivity index (χ1) is 12.5. The van der Waals surface area contributed by atoms with Gasteiger partial charge in [-0.2, -0.15) is 0 Å². The van der Waals surface area contributed by atoms with Crippen LogP contribution in [0.2, 0.25) is 0 Å². The maximum absolute atomic E-state index is 12.4. The molecule has 2 unspecified atom stereocenters. The molecule has 7 heteroatoms. The van der Waals surface area contributed by atoms with Gasteiger partial charge in [0.25, 0.3) is 0 Å². The predicted octanol–water partition coefficient (Wildman–Crippen LogP) is 3.00. The zero-order chi connectivity index (χ0) is 21.1. The number of hydrogen-bond donors (Lipinski definition) is 2. The SMILES string of the molecule is CC(C)N.COCCOCCCC1(C(=O)O)CCCC1C(=O)OC(C)(C)C. The van der Waals surface area contributed by atoms with Gasteiger partial charge in [-0.3, -0.25) is 9.59 Å². The second-order valence-electron chi connectivity index (χ2n) is 8.39. The van der Waals surface area contributed by atoms with E-state index in [0.717, 1.165) is 6.42 Å². The van der Waals surface area contributed by atoms with Crippen molar-refractivity contribution in [2.24, 2.45) is 17.1 Å². The van der Waals surface area contributed by atoms with Crippen molar-refractivity contribution in [3.63, 3.8) is 0 Å². The number of carbonyl (C=O) groups is 2. The molecule has 1 aliphatic rings. The third-order valence-corrected chi connectivity index (χ3v) is 4.24. The van der Waals surface area contributed by atoms with Crippen LogP contribution < -0.4 is 5.73 Å². The van der Waals surface area contributed by atoms with Crippen LogP contribution in [0.1, 0.15) is 66.7 Å². The lowest BCUT2D eigenvalue weighted by Crippen LogP contribution is -2.41. The number of carboxylic acid groups (broad SMARTS) is 1. The molecule has 0 bridgehead atoms. The summed E-state index contributed by atoms with van der Waals surface area (Å²) in [6.07, 6.45) is 2.87. The summed E-state index contributed by atoms with van der Waals surface area (Å²) in [7, 11) is 1.60. The Morgan fingerprint density at radius 3 is 2.30 bits per heavy atom. The second kappa shape index (κ2) is 12.3. The molecule has 0 aromatic rings. The van der Waals surface area contributed by atoms with Gasteiger partial charge in [-0.15, -0.1) is 0 Å². The zero-order valence-electron chi connectivity index (χ0n) is 17.9. The molecule has 0 spiro atoms. The van der Waals surface area contributed by atoms with E-state index in [-0.39, 0.29) is 0 Å². The van der Waals surface area contributed by atoms with Gasteiger partial charge in [0.2, 0.25) is 0 Å². The van der Waals surface area contributed by atoms with E-state index in [1.807, 2.05) is 13.8 Å². The summed E-state index contributed by atoms with van der Waals surface area (Å²) in [5.41, 5.74) is 3.49. The first-order valence-electron chi connectivity index (χ1n) is 9.75. The molecule has 0 aliphatic heterocycles. The Kier molecular flexibility index (Phi) is 11.8. The molecule has 0 saturated heterocycles. The van der Waals surface area contributed by atoms with Crippen molar-refractivity contribution in [3.8, 4) is 0 Å². The predicted molar refractivity (Wildman–Crippen MR) is 105 cm³/mol. The number of ether oxygens (including phenoxy) is 3. The Bertz CT molecular complexity index is 443. The van der Waals surface area contributed by atoms with E-state index in [2.05, 4.69) is 0 Å². The molecule has 1 saturated carbocycles. The molecule has 1 aliphatic carbocycles. The standard InChI is InChI=1S/C17H30O6.C3H9N/c1-16(2,3)23-14(18)13-7-5-8-17(13,15(19)20)9-6-10-22-12-11-21-4;1-3(2)4/h13H,5-12H2,1-4H3,(H,19,20);3H,4H2,1-2H3. The zero-order valence-corrected chi connectivity index (χ0v) is 17.9. The summed E-state index contributed by atoms with van der Waals surface area (Å²) < 4.78 is 15.7. The second-order valence-corrected chi connectivity index (χ2v) is 8.39. The summed E-state index contributed by atoms with van der Waals surface area (Å²) in [6, 6.07) is 0.333. The van der Waals surface area contributed by atoms with Crippen LogP contribution in [0.25, 0.3) is 0 Å². The summed E-state index contributed by atoms with van der Waals surface area (Å²) in [6.45, 7) is 10.8. The van der Waals surface area contributed by atoms with Crippen molar-refractivity contribution in [2.75, 3.05) is 26.9 Å². The van der Waals surface area contributed by atoms with Crippen LogP contribution in [0, 0.1) is 11.3 Å². The Hall–Kier alpha value is -1.18. The first kappa shape index (κ1) is 25.8. The van der Waals surface area contributed by atoms with Crippen LogP contribution >= 0.6 is 0 Å². The third kappa shape index (κ3) is 10.1. The van der Waals surface area contributed by atoms with Gasteiger partial charge in [0.05, 0.1) is 24.5 Å². The van der Waals surface area contributed by atoms with Crippen LogP contribution in [0.4, 0.5) is 0 Å². The van der Waals surface area contributed by atoms with Gasteiger partial charge in [-0.1, -0.05) is 20.3 Å². The minimum Gasteiger partial charge on any atom is -0.481 e. The molecule has 0 heterocycles. The maximum Gasteiger partial charge on any atom is 0.310 e. The number of carbonyl (C=O) groups excluding carboxylic acids is 1. The van der Waals surface area contributed by atoms with Crippen molar-refractivity contribution >= 4 is 11.9 Å². The van der Waals surface area contributed by atoms with Crippen molar-refractivity contribution in [1.82, 2.24) is 0 Å². The number of aliphatic carboxylic acids is 1. The van der Waals surface area contributed by atoms with Gasteiger partial charge >= 0.3 is 11.9 Å². The maximum atomic E-state index is 12.4. The van der Waals surface area contributed by atoms with Crippen LogP contribution in [0.5, 0.6) is 0 Å². The first-order valence-corrected chi connectivity index (χ1v) is 9.75. The van der Waals surface area contributed by atoms with Crippen LogP contribution in [0.15, 0.2) is 0 Å². The van der Waals surface area contributed by atoms with Gasteiger partial charge in [0, 0.05) is 13.7 Å². The van der Waals surface area contributed by atoms with Crippen molar-refractivity contribution in [1.29, 1.82) is 0 Å². The highest BCUT2D eigenvalue weighted by Crippen LogP contribution is 2.48. The smallest absolute Gasteiger partial charge is 0.310 e. The van der Waals surface area contributed by atoms with E-state index in [1.165, 1.54) is 0 Å². The molecule has 0 radical (unpaired) electrons. The highest BCUT2D eigenvalue weighted by atomic mass is 16.6. The molecule has 1 fully saturated rings. The quantitative estimate of drug-likeness (QED) is 0.461. The van der Waals surface area contributed by atoms with Crippen LogP contribution in [-0.4, -0.2) is 55.6 Å². The summed E-state index contributed by atoms with van der Waals surface area (Å²) >= 11 is 0. The summed E-state index contributed by atoms with van der Waals surface area (Å²) in [5.74, 6) is -1.86. The highest BCUT2D eigenvalue weighted by Gasteiger charge is 2.53. The number of methoxy groups -OCH3 is 1. The molecule has 2 atom stereocenters. The van der Waals surface area contributed by atoms with Gasteiger partial charge < -0.3 is 25.1 Å². The fourth-order valence-corrected chi connectivity index (χ4v) is 3.18. The molecule has 0 aromatic heterocycles. The van der Waals surface area contributed by atoms with Gasteiger partial charge in [0.15, 0.2) is 0 Å². The van der Waals surface area contributed by atoms with Crippen LogP contribution in [-0.2, 0) is 23.8 Å². The van der Waals surface area contributed by atoms with Gasteiger partial charge in [0.1, 0.15) is 5.60 Å². The minimum atomic E-state index is -1.02. The van der Waals surface area contributed by atoms with Crippen molar-refractivity contribution in [2.45, 2.75) is 78.4 Å². The molecule has 0 aromatic carbocycles. The lowest BCUT2D eigenvalue weighted by atomic mass is 9.74. The van der Waals surface area contributed by atoms with E-state index in [0.29, 0.717) is 51.5 Å². The minimum absolute atomic E-state index is 0.333. The summed E-state index contributed by atoms with van der Waals surface area (Å²) in [5, 5.41) is 9.75. The topological polar surface area (TPSA) is 108 Å². The van der Waals surface area contributed by atoms with E-state index >= 15 is 0 Å². The molecule has 27 heavy (non-hydrogen) atoms. The third-order valence-electron chi connectivity index (χ3n) is 4.24. The summed E-state index contributed by atoms with van der Waals surface area (Å²) in [4.78, 5) is 24.3. The fourth-order valence-electron chi connectivity index (χ4n) is 3.18. The Labute approximate surface area is 163 Å². The molecule has 160 valence electrons. The monoisotopic (exact) mass is 389 g/mol. The molecule has 7 nitrogen and oxygen atoms in total. The van der Waals surface area contributed by atoms with E-state index in [9.17, 15) is 14.7 Å².